The Labute approximate surface area is 111 Å². The zero-order chi connectivity index (χ0) is 13.3. The molecule has 1 aromatic carbocycles. The standard InChI is InChI=1S/C11H15ClN2O3S/c12-8-1-2-9(13)10(15)11(8)18(16,17)7-3-5-14-6-4-7/h1-2,7,14-15H,3-6,13H2. The molecule has 0 spiro atoms. The molecule has 1 heterocycles. The fourth-order valence-electron chi connectivity index (χ4n) is 2.10. The summed E-state index contributed by atoms with van der Waals surface area (Å²) in [5.41, 5.74) is 5.55. The van der Waals surface area contributed by atoms with Gasteiger partial charge in [0.2, 0.25) is 0 Å². The smallest absolute Gasteiger partial charge is 0.186 e. The van der Waals surface area contributed by atoms with Gasteiger partial charge in [-0.05, 0) is 38.1 Å². The number of hydrogen-bond donors (Lipinski definition) is 3. The van der Waals surface area contributed by atoms with E-state index >= 15 is 0 Å². The van der Waals surface area contributed by atoms with Gasteiger partial charge in [-0.15, -0.1) is 0 Å². The van der Waals surface area contributed by atoms with Crippen LogP contribution in [0.1, 0.15) is 12.8 Å². The number of sulfone groups is 1. The lowest BCUT2D eigenvalue weighted by molar-refractivity contribution is 0.456. The highest BCUT2D eigenvalue weighted by Gasteiger charge is 2.33. The summed E-state index contributed by atoms with van der Waals surface area (Å²) < 4.78 is 24.9. The van der Waals surface area contributed by atoms with Crippen molar-refractivity contribution in [3.05, 3.63) is 17.2 Å². The Morgan fingerprint density at radius 1 is 1.33 bits per heavy atom. The van der Waals surface area contributed by atoms with E-state index in [0.717, 1.165) is 0 Å². The third kappa shape index (κ3) is 2.28. The molecule has 1 saturated heterocycles. The van der Waals surface area contributed by atoms with E-state index in [0.29, 0.717) is 25.9 Å². The molecule has 0 atom stereocenters. The summed E-state index contributed by atoms with van der Waals surface area (Å²) in [6.45, 7) is 1.29. The van der Waals surface area contributed by atoms with Crippen LogP contribution < -0.4 is 11.1 Å². The second-order valence-electron chi connectivity index (χ2n) is 4.31. The molecule has 0 amide bonds. The number of phenols is 1. The highest BCUT2D eigenvalue weighted by atomic mass is 35.5. The number of aromatic hydroxyl groups is 1. The average molecular weight is 291 g/mol. The zero-order valence-electron chi connectivity index (χ0n) is 9.69. The summed E-state index contributed by atoms with van der Waals surface area (Å²) in [7, 11) is -3.65. The maximum atomic E-state index is 12.5. The minimum atomic E-state index is -3.65. The molecule has 0 saturated carbocycles. The normalized spacial score (nSPS) is 17.8. The van der Waals surface area contributed by atoms with Gasteiger partial charge in [-0.3, -0.25) is 0 Å². The summed E-state index contributed by atoms with van der Waals surface area (Å²) in [4.78, 5) is -0.240. The van der Waals surface area contributed by atoms with Gasteiger partial charge >= 0.3 is 0 Å². The molecule has 7 heteroatoms. The van der Waals surface area contributed by atoms with Gasteiger partial charge < -0.3 is 16.2 Å². The Hall–Kier alpha value is -0.980. The Morgan fingerprint density at radius 2 is 1.94 bits per heavy atom. The molecule has 4 N–H and O–H groups in total. The number of phenolic OH excluding ortho intramolecular Hbond substituents is 1. The van der Waals surface area contributed by atoms with Crippen molar-refractivity contribution in [3.63, 3.8) is 0 Å². The monoisotopic (exact) mass is 290 g/mol. The van der Waals surface area contributed by atoms with Crippen molar-refractivity contribution in [1.82, 2.24) is 5.32 Å². The van der Waals surface area contributed by atoms with Gasteiger partial charge in [0.15, 0.2) is 15.6 Å². The lowest BCUT2D eigenvalue weighted by atomic mass is 10.2. The average Bonchev–Trinajstić information content (AvgIpc) is 2.35. The molecule has 1 aliphatic heterocycles. The van der Waals surface area contributed by atoms with E-state index in [1.54, 1.807) is 0 Å². The molecule has 1 aliphatic rings. The quantitative estimate of drug-likeness (QED) is 0.561. The maximum absolute atomic E-state index is 12.5. The number of anilines is 1. The molecule has 2 rings (SSSR count). The van der Waals surface area contributed by atoms with Crippen LogP contribution in [-0.4, -0.2) is 31.9 Å². The molecule has 0 radical (unpaired) electrons. The number of nitrogens with one attached hydrogen (secondary N) is 1. The zero-order valence-corrected chi connectivity index (χ0v) is 11.3. The van der Waals surface area contributed by atoms with E-state index in [-0.39, 0.29) is 15.6 Å². The molecular weight excluding hydrogens is 276 g/mol. The van der Waals surface area contributed by atoms with E-state index in [2.05, 4.69) is 5.32 Å². The minimum absolute atomic E-state index is 0.0141. The number of halogens is 1. The van der Waals surface area contributed by atoms with E-state index in [9.17, 15) is 13.5 Å². The predicted molar refractivity (Wildman–Crippen MR) is 70.6 cm³/mol. The van der Waals surface area contributed by atoms with Crippen LogP contribution in [0.2, 0.25) is 5.02 Å². The Bertz CT molecular complexity index is 554. The highest BCUT2D eigenvalue weighted by molar-refractivity contribution is 7.92. The van der Waals surface area contributed by atoms with Gasteiger partial charge in [0.25, 0.3) is 0 Å². The number of piperidine rings is 1. The van der Waals surface area contributed by atoms with E-state index in [4.69, 9.17) is 17.3 Å². The molecule has 0 aliphatic carbocycles. The summed E-state index contributed by atoms with van der Waals surface area (Å²) in [6, 6.07) is 2.78. The molecule has 0 bridgehead atoms. The van der Waals surface area contributed by atoms with E-state index < -0.39 is 20.8 Å². The van der Waals surface area contributed by atoms with Crippen LogP contribution in [0.15, 0.2) is 17.0 Å². The van der Waals surface area contributed by atoms with Gasteiger partial charge in [0.05, 0.1) is 16.0 Å². The van der Waals surface area contributed by atoms with Gasteiger partial charge in [0.1, 0.15) is 4.90 Å². The van der Waals surface area contributed by atoms with Crippen molar-refractivity contribution in [2.75, 3.05) is 18.8 Å². The Morgan fingerprint density at radius 3 is 2.56 bits per heavy atom. The third-order valence-electron chi connectivity index (χ3n) is 3.12. The van der Waals surface area contributed by atoms with Crippen molar-refractivity contribution in [2.24, 2.45) is 0 Å². The van der Waals surface area contributed by atoms with Crippen molar-refractivity contribution in [2.45, 2.75) is 23.0 Å². The van der Waals surface area contributed by atoms with E-state index in [1.807, 2.05) is 0 Å². The first kappa shape index (κ1) is 13.5. The van der Waals surface area contributed by atoms with Crippen molar-refractivity contribution >= 4 is 27.1 Å². The third-order valence-corrected chi connectivity index (χ3v) is 5.88. The lowest BCUT2D eigenvalue weighted by Gasteiger charge is -2.23. The highest BCUT2D eigenvalue weighted by Crippen LogP contribution is 2.38. The molecular formula is C11H15ClN2O3S. The van der Waals surface area contributed by atoms with Crippen molar-refractivity contribution < 1.29 is 13.5 Å². The van der Waals surface area contributed by atoms with Crippen LogP contribution in [0.5, 0.6) is 5.75 Å². The lowest BCUT2D eigenvalue weighted by Crippen LogP contribution is -2.35. The van der Waals surface area contributed by atoms with Crippen LogP contribution in [0, 0.1) is 0 Å². The fourth-order valence-corrected chi connectivity index (χ4v) is 4.50. The molecule has 1 aromatic rings. The van der Waals surface area contributed by atoms with Crippen molar-refractivity contribution in [1.29, 1.82) is 0 Å². The van der Waals surface area contributed by atoms with Crippen LogP contribution >= 0.6 is 11.6 Å². The Balaban J connectivity index is 2.50. The second kappa shape index (κ2) is 4.95. The predicted octanol–water partition coefficient (Wildman–Crippen LogP) is 1.15. The van der Waals surface area contributed by atoms with E-state index in [1.165, 1.54) is 12.1 Å². The summed E-state index contributed by atoms with van der Waals surface area (Å²) >= 11 is 5.89. The first-order chi connectivity index (χ1) is 8.44. The molecule has 1 fully saturated rings. The van der Waals surface area contributed by atoms with Crippen LogP contribution in [0.25, 0.3) is 0 Å². The minimum Gasteiger partial charge on any atom is -0.504 e. The first-order valence-electron chi connectivity index (χ1n) is 5.66. The molecule has 0 unspecified atom stereocenters. The van der Waals surface area contributed by atoms with Gasteiger partial charge in [-0.1, -0.05) is 11.6 Å². The fraction of sp³-hybridized carbons (Fsp3) is 0.455. The largest absolute Gasteiger partial charge is 0.504 e. The topological polar surface area (TPSA) is 92.4 Å². The molecule has 18 heavy (non-hydrogen) atoms. The summed E-state index contributed by atoms with van der Waals surface area (Å²) in [6.07, 6.45) is 1.01. The van der Waals surface area contributed by atoms with Crippen molar-refractivity contribution in [3.8, 4) is 5.75 Å². The molecule has 0 aromatic heterocycles. The Kier molecular flexibility index (Phi) is 3.70. The SMILES string of the molecule is Nc1ccc(Cl)c(S(=O)(=O)C2CCNCC2)c1O. The number of rotatable bonds is 2. The number of benzene rings is 1. The number of hydrogen-bond acceptors (Lipinski definition) is 5. The number of nitrogen functional groups attached to an aromatic ring is 1. The summed E-state index contributed by atoms with van der Waals surface area (Å²) in [5, 5.41) is 12.4. The van der Waals surface area contributed by atoms with Crippen LogP contribution in [0.3, 0.4) is 0 Å². The summed E-state index contributed by atoms with van der Waals surface area (Å²) in [5.74, 6) is -0.443. The second-order valence-corrected chi connectivity index (χ2v) is 6.88. The molecule has 5 nitrogen and oxygen atoms in total. The molecule has 100 valence electrons. The first-order valence-corrected chi connectivity index (χ1v) is 7.58. The maximum Gasteiger partial charge on any atom is 0.186 e. The van der Waals surface area contributed by atoms with Crippen LogP contribution in [0.4, 0.5) is 5.69 Å². The van der Waals surface area contributed by atoms with Gasteiger partial charge in [-0.2, -0.15) is 0 Å². The van der Waals surface area contributed by atoms with Gasteiger partial charge in [-0.25, -0.2) is 8.42 Å². The van der Waals surface area contributed by atoms with Crippen LogP contribution in [-0.2, 0) is 9.84 Å². The van der Waals surface area contributed by atoms with Gasteiger partial charge in [0, 0.05) is 0 Å². The number of nitrogens with two attached hydrogens (primary N) is 1.